The topological polar surface area (TPSA) is 68.5 Å². The second-order valence-corrected chi connectivity index (χ2v) is 6.49. The van der Waals surface area contributed by atoms with Crippen LogP contribution in [0.5, 0.6) is 0 Å². The molecule has 2 atom stereocenters. The van der Waals surface area contributed by atoms with Crippen molar-refractivity contribution in [2.45, 2.75) is 44.8 Å². The van der Waals surface area contributed by atoms with E-state index in [0.29, 0.717) is 13.0 Å². The zero-order valence-corrected chi connectivity index (χ0v) is 13.2. The summed E-state index contributed by atoms with van der Waals surface area (Å²) < 4.78 is 5.20. The fourth-order valence-corrected chi connectivity index (χ4v) is 3.82. The van der Waals surface area contributed by atoms with Crippen molar-refractivity contribution in [1.82, 2.24) is 9.88 Å². The molecule has 0 saturated carbocycles. The second-order valence-electron chi connectivity index (χ2n) is 5.25. The van der Waals surface area contributed by atoms with Crippen LogP contribution < -0.4 is 5.73 Å². The van der Waals surface area contributed by atoms with E-state index in [1.165, 1.54) is 10.6 Å². The number of rotatable bonds is 5. The third-order valence-corrected chi connectivity index (χ3v) is 5.00. The van der Waals surface area contributed by atoms with Crippen molar-refractivity contribution in [3.8, 4) is 0 Å². The summed E-state index contributed by atoms with van der Waals surface area (Å²) in [4.78, 5) is 20.0. The molecule has 0 spiro atoms. The van der Waals surface area contributed by atoms with Crippen molar-refractivity contribution in [2.24, 2.45) is 5.73 Å². The van der Waals surface area contributed by atoms with Crippen LogP contribution in [0.25, 0.3) is 0 Å². The maximum Gasteiger partial charge on any atom is 0.225 e. The molecule has 1 aliphatic carbocycles. The van der Waals surface area contributed by atoms with Crippen molar-refractivity contribution in [1.29, 1.82) is 0 Å². The Hall–Kier alpha value is -0.980. The lowest BCUT2D eigenvalue weighted by molar-refractivity contribution is -0.134. The Kier molecular flexibility index (Phi) is 5.12. The van der Waals surface area contributed by atoms with Gasteiger partial charge in [-0.15, -0.1) is 11.3 Å². The van der Waals surface area contributed by atoms with E-state index in [-0.39, 0.29) is 18.1 Å². The van der Waals surface area contributed by atoms with Gasteiger partial charge in [0.1, 0.15) is 0 Å². The van der Waals surface area contributed by atoms with Crippen LogP contribution in [0.2, 0.25) is 0 Å². The molecule has 2 unspecified atom stereocenters. The SMILES string of the molecule is COC(CN)CC(=O)N(C)C1CCCc2nc(C)sc21. The summed E-state index contributed by atoms with van der Waals surface area (Å²) in [6, 6.07) is 0.160. The van der Waals surface area contributed by atoms with Crippen molar-refractivity contribution in [3.05, 3.63) is 15.6 Å². The quantitative estimate of drug-likeness (QED) is 0.897. The Morgan fingerprint density at radius 2 is 2.40 bits per heavy atom. The molecular formula is C14H23N3O2S. The van der Waals surface area contributed by atoms with E-state index in [2.05, 4.69) is 4.98 Å². The molecule has 112 valence electrons. The molecule has 0 bridgehead atoms. The molecule has 0 aromatic carbocycles. The van der Waals surface area contributed by atoms with Gasteiger partial charge in [0.05, 0.1) is 34.1 Å². The number of thiazole rings is 1. The van der Waals surface area contributed by atoms with E-state index in [4.69, 9.17) is 10.5 Å². The molecule has 1 aromatic heterocycles. The molecule has 1 aromatic rings. The zero-order valence-electron chi connectivity index (χ0n) is 12.4. The smallest absolute Gasteiger partial charge is 0.225 e. The van der Waals surface area contributed by atoms with Gasteiger partial charge in [-0.25, -0.2) is 4.98 Å². The number of nitrogens with zero attached hydrogens (tertiary/aromatic N) is 2. The molecule has 0 saturated heterocycles. The van der Waals surface area contributed by atoms with Gasteiger partial charge in [-0.05, 0) is 26.2 Å². The highest BCUT2D eigenvalue weighted by atomic mass is 32.1. The highest BCUT2D eigenvalue weighted by Crippen LogP contribution is 2.37. The van der Waals surface area contributed by atoms with Crippen molar-refractivity contribution >= 4 is 17.2 Å². The third-order valence-electron chi connectivity index (χ3n) is 3.89. The number of aromatic nitrogens is 1. The first-order valence-corrected chi connectivity index (χ1v) is 7.83. The van der Waals surface area contributed by atoms with Crippen LogP contribution in [0.1, 0.15) is 40.9 Å². The van der Waals surface area contributed by atoms with E-state index in [9.17, 15) is 4.79 Å². The molecule has 0 radical (unpaired) electrons. The van der Waals surface area contributed by atoms with Crippen LogP contribution in [-0.2, 0) is 16.0 Å². The summed E-state index contributed by atoms with van der Waals surface area (Å²) in [7, 11) is 3.47. The van der Waals surface area contributed by atoms with Gasteiger partial charge in [-0.3, -0.25) is 4.79 Å². The number of hydrogen-bond acceptors (Lipinski definition) is 5. The molecule has 2 rings (SSSR count). The summed E-state index contributed by atoms with van der Waals surface area (Å²) in [5.74, 6) is 0.0891. The monoisotopic (exact) mass is 297 g/mol. The van der Waals surface area contributed by atoms with E-state index < -0.39 is 0 Å². The Labute approximate surface area is 124 Å². The number of aryl methyl sites for hydroxylation is 2. The Bertz CT molecular complexity index is 471. The lowest BCUT2D eigenvalue weighted by Gasteiger charge is -2.31. The number of amides is 1. The molecule has 20 heavy (non-hydrogen) atoms. The maximum absolute atomic E-state index is 12.4. The molecular weight excluding hydrogens is 274 g/mol. The molecule has 0 fully saturated rings. The number of methoxy groups -OCH3 is 1. The normalized spacial score (nSPS) is 19.5. The van der Waals surface area contributed by atoms with Gasteiger partial charge in [0.25, 0.3) is 0 Å². The minimum atomic E-state index is -0.198. The molecule has 5 nitrogen and oxygen atoms in total. The van der Waals surface area contributed by atoms with Crippen molar-refractivity contribution in [3.63, 3.8) is 0 Å². The van der Waals surface area contributed by atoms with Crippen LogP contribution >= 0.6 is 11.3 Å². The molecule has 2 N–H and O–H groups in total. The van der Waals surface area contributed by atoms with Gasteiger partial charge in [0.15, 0.2) is 0 Å². The molecule has 1 aliphatic rings. The minimum absolute atomic E-state index is 0.0891. The Morgan fingerprint density at radius 3 is 3.05 bits per heavy atom. The van der Waals surface area contributed by atoms with Gasteiger partial charge in [-0.2, -0.15) is 0 Å². The zero-order chi connectivity index (χ0) is 14.7. The number of ether oxygens (including phenoxy) is 1. The molecule has 1 heterocycles. The van der Waals surface area contributed by atoms with Gasteiger partial charge >= 0.3 is 0 Å². The molecule has 0 aliphatic heterocycles. The Morgan fingerprint density at radius 1 is 1.65 bits per heavy atom. The average Bonchev–Trinajstić information content (AvgIpc) is 2.83. The summed E-state index contributed by atoms with van der Waals surface area (Å²) >= 11 is 1.71. The van der Waals surface area contributed by atoms with E-state index in [1.54, 1.807) is 18.4 Å². The van der Waals surface area contributed by atoms with Gasteiger partial charge in [-0.1, -0.05) is 0 Å². The summed E-state index contributed by atoms with van der Waals surface area (Å²) in [6.07, 6.45) is 3.27. The third kappa shape index (κ3) is 3.19. The summed E-state index contributed by atoms with van der Waals surface area (Å²) in [6.45, 7) is 2.39. The first kappa shape index (κ1) is 15.4. The number of hydrogen-bond donors (Lipinski definition) is 1. The number of carbonyl (C=O) groups is 1. The lowest BCUT2D eigenvalue weighted by atomic mass is 9.96. The fraction of sp³-hybridized carbons (Fsp3) is 0.714. The number of carbonyl (C=O) groups excluding carboxylic acids is 1. The maximum atomic E-state index is 12.4. The standard InChI is InChI=1S/C14H23N3O2S/c1-9-16-11-5-4-6-12(14(11)20-9)17(2)13(18)7-10(8-15)19-3/h10,12H,4-8,15H2,1-3H3. The second kappa shape index (κ2) is 6.65. The molecule has 6 heteroatoms. The van der Waals surface area contributed by atoms with Gasteiger partial charge < -0.3 is 15.4 Å². The molecule has 1 amide bonds. The van der Waals surface area contributed by atoms with Crippen LogP contribution in [0, 0.1) is 6.92 Å². The van der Waals surface area contributed by atoms with E-state index in [0.717, 1.165) is 24.3 Å². The summed E-state index contributed by atoms with van der Waals surface area (Å²) in [5.41, 5.74) is 6.76. The van der Waals surface area contributed by atoms with Crippen LogP contribution in [0.3, 0.4) is 0 Å². The average molecular weight is 297 g/mol. The van der Waals surface area contributed by atoms with Crippen LogP contribution in [0.15, 0.2) is 0 Å². The largest absolute Gasteiger partial charge is 0.380 e. The van der Waals surface area contributed by atoms with E-state index in [1.807, 2.05) is 18.9 Å². The fourth-order valence-electron chi connectivity index (χ4n) is 2.66. The summed E-state index contributed by atoms with van der Waals surface area (Å²) in [5, 5.41) is 1.08. The minimum Gasteiger partial charge on any atom is -0.380 e. The predicted molar refractivity (Wildman–Crippen MR) is 79.8 cm³/mol. The van der Waals surface area contributed by atoms with Gasteiger partial charge in [0, 0.05) is 20.7 Å². The first-order chi connectivity index (χ1) is 9.56. The predicted octanol–water partition coefficient (Wildman–Crippen LogP) is 1.65. The van der Waals surface area contributed by atoms with Gasteiger partial charge in [0.2, 0.25) is 5.91 Å². The highest BCUT2D eigenvalue weighted by molar-refractivity contribution is 7.11. The highest BCUT2D eigenvalue weighted by Gasteiger charge is 2.30. The van der Waals surface area contributed by atoms with Crippen LogP contribution in [-0.4, -0.2) is 42.6 Å². The van der Waals surface area contributed by atoms with Crippen molar-refractivity contribution < 1.29 is 9.53 Å². The van der Waals surface area contributed by atoms with E-state index >= 15 is 0 Å². The van der Waals surface area contributed by atoms with Crippen molar-refractivity contribution in [2.75, 3.05) is 20.7 Å². The van der Waals surface area contributed by atoms with Crippen LogP contribution in [0.4, 0.5) is 0 Å². The Balaban J connectivity index is 2.09. The first-order valence-electron chi connectivity index (χ1n) is 7.01. The lowest BCUT2D eigenvalue weighted by Crippen LogP contribution is -2.36. The number of fused-ring (bicyclic) bond motifs is 1. The number of nitrogens with two attached hydrogens (primary N) is 1.